The highest BCUT2D eigenvalue weighted by Crippen LogP contribution is 2.33. The number of nitrogens with one attached hydrogen (secondary N) is 2. The van der Waals surface area contributed by atoms with Crippen molar-refractivity contribution in [2.45, 2.75) is 33.8 Å². The molecule has 37 heavy (non-hydrogen) atoms. The summed E-state index contributed by atoms with van der Waals surface area (Å²) in [6.45, 7) is 7.22. The van der Waals surface area contributed by atoms with Crippen LogP contribution >= 0.6 is 34.5 Å². The van der Waals surface area contributed by atoms with Gasteiger partial charge >= 0.3 is 5.97 Å². The Labute approximate surface area is 228 Å². The van der Waals surface area contributed by atoms with Crippen LogP contribution in [0.4, 0.5) is 5.00 Å². The van der Waals surface area contributed by atoms with Crippen molar-refractivity contribution in [3.05, 3.63) is 79.6 Å². The number of carbonyl (C=O) groups excluding carboxylic acids is 3. The first kappa shape index (κ1) is 28.2. The van der Waals surface area contributed by atoms with Crippen LogP contribution in [0.5, 0.6) is 5.75 Å². The Morgan fingerprint density at radius 1 is 1.11 bits per heavy atom. The third-order valence-corrected chi connectivity index (χ3v) is 6.92. The molecule has 0 unspecified atom stereocenters. The summed E-state index contributed by atoms with van der Waals surface area (Å²) in [4.78, 5) is 38.4. The number of nitrogens with zero attached hydrogens (tertiary/aromatic N) is 1. The monoisotopic (exact) mass is 561 g/mol. The van der Waals surface area contributed by atoms with Crippen molar-refractivity contribution < 1.29 is 23.9 Å². The summed E-state index contributed by atoms with van der Waals surface area (Å²) >= 11 is 13.3. The second-order valence-corrected chi connectivity index (χ2v) is 9.91. The summed E-state index contributed by atoms with van der Waals surface area (Å²) in [7, 11) is 0. The van der Waals surface area contributed by atoms with Crippen molar-refractivity contribution in [1.29, 1.82) is 0 Å². The molecule has 0 aliphatic heterocycles. The highest BCUT2D eigenvalue weighted by Gasteiger charge is 2.22. The van der Waals surface area contributed by atoms with Gasteiger partial charge in [-0.3, -0.25) is 9.59 Å². The number of esters is 1. The van der Waals surface area contributed by atoms with Gasteiger partial charge in [-0.2, -0.15) is 5.10 Å². The lowest BCUT2D eigenvalue weighted by Crippen LogP contribution is -2.33. The number of halogens is 2. The van der Waals surface area contributed by atoms with Gasteiger partial charge in [-0.05, 0) is 69.7 Å². The van der Waals surface area contributed by atoms with E-state index in [0.717, 1.165) is 10.4 Å². The zero-order valence-corrected chi connectivity index (χ0v) is 22.9. The lowest BCUT2D eigenvalue weighted by atomic mass is 10.1. The lowest BCUT2D eigenvalue weighted by molar-refractivity contribution is -0.127. The van der Waals surface area contributed by atoms with Gasteiger partial charge in [0.2, 0.25) is 0 Å². The first-order valence-corrected chi connectivity index (χ1v) is 12.8. The average molecular weight is 562 g/mol. The van der Waals surface area contributed by atoms with E-state index in [4.69, 9.17) is 32.7 Å². The summed E-state index contributed by atoms with van der Waals surface area (Å²) in [5.41, 5.74) is 4.47. The van der Waals surface area contributed by atoms with E-state index in [9.17, 15) is 14.4 Å². The summed E-state index contributed by atoms with van der Waals surface area (Å²) in [6, 6.07) is 11.2. The molecule has 2 N–H and O–H groups in total. The molecule has 1 heterocycles. The van der Waals surface area contributed by atoms with Crippen LogP contribution in [0.2, 0.25) is 10.0 Å². The Hall–Kier alpha value is -3.40. The molecule has 1 atom stereocenters. The first-order chi connectivity index (χ1) is 17.6. The van der Waals surface area contributed by atoms with Crippen LogP contribution in [-0.4, -0.2) is 36.7 Å². The fourth-order valence-electron chi connectivity index (χ4n) is 3.14. The van der Waals surface area contributed by atoms with Crippen molar-refractivity contribution in [2.24, 2.45) is 5.10 Å². The quantitative estimate of drug-likeness (QED) is 0.189. The van der Waals surface area contributed by atoms with Crippen LogP contribution < -0.4 is 15.5 Å². The predicted molar refractivity (Wildman–Crippen MR) is 146 cm³/mol. The van der Waals surface area contributed by atoms with E-state index in [0.29, 0.717) is 37.5 Å². The number of benzene rings is 2. The van der Waals surface area contributed by atoms with Gasteiger partial charge in [0.25, 0.3) is 11.8 Å². The molecule has 0 aliphatic rings. The number of aryl methyl sites for hydroxylation is 1. The molecule has 11 heteroatoms. The molecular weight excluding hydrogens is 537 g/mol. The Balaban J connectivity index is 1.59. The molecule has 0 spiro atoms. The molecule has 1 aromatic heterocycles. The molecule has 0 saturated carbocycles. The van der Waals surface area contributed by atoms with E-state index in [2.05, 4.69) is 15.8 Å². The molecular formula is C26H25Cl2N3O5S. The first-order valence-electron chi connectivity index (χ1n) is 11.2. The van der Waals surface area contributed by atoms with Gasteiger partial charge in [-0.15, -0.1) is 11.3 Å². The summed E-state index contributed by atoms with van der Waals surface area (Å²) in [6.07, 6.45) is 0.544. The Morgan fingerprint density at radius 3 is 2.46 bits per heavy atom. The fraction of sp³-hybridized carbons (Fsp3) is 0.231. The second-order valence-electron chi connectivity index (χ2n) is 7.85. The topological polar surface area (TPSA) is 106 Å². The van der Waals surface area contributed by atoms with Crippen LogP contribution in [0, 0.1) is 13.8 Å². The van der Waals surface area contributed by atoms with Gasteiger partial charge in [0.1, 0.15) is 10.8 Å². The number of hydrogen-bond acceptors (Lipinski definition) is 7. The predicted octanol–water partition coefficient (Wildman–Crippen LogP) is 6.02. The minimum absolute atomic E-state index is 0.238. The van der Waals surface area contributed by atoms with Gasteiger partial charge in [0, 0.05) is 21.0 Å². The van der Waals surface area contributed by atoms with Gasteiger partial charge in [0.15, 0.2) is 6.10 Å². The van der Waals surface area contributed by atoms with E-state index in [1.807, 2.05) is 13.8 Å². The fourth-order valence-corrected chi connectivity index (χ4v) is 4.65. The van der Waals surface area contributed by atoms with Crippen molar-refractivity contribution in [1.82, 2.24) is 5.43 Å². The normalized spacial score (nSPS) is 11.7. The molecule has 194 valence electrons. The zero-order chi connectivity index (χ0) is 27.1. The van der Waals surface area contributed by atoms with Crippen LogP contribution in [0.3, 0.4) is 0 Å². The standard InChI is InChI=1S/C26H25Cl2N3O5S/c1-5-35-26(34)22-14(2)16(4)37-25(22)30-24(33)17-7-10-20(11-8-17)36-15(3)23(32)31-29-13-18-6-9-19(27)12-21(18)28/h6-13,15H,5H2,1-4H3,(H,30,33)(H,31,32)/b29-13-/t15-/m0/s1. The van der Waals surface area contributed by atoms with Gasteiger partial charge < -0.3 is 14.8 Å². The van der Waals surface area contributed by atoms with Crippen molar-refractivity contribution >= 4 is 63.5 Å². The summed E-state index contributed by atoms with van der Waals surface area (Å²) < 4.78 is 10.8. The third kappa shape index (κ3) is 7.31. The number of ether oxygens (including phenoxy) is 2. The molecule has 0 aliphatic carbocycles. The largest absolute Gasteiger partial charge is 0.481 e. The van der Waals surface area contributed by atoms with Crippen LogP contribution in [0.25, 0.3) is 0 Å². The molecule has 8 nitrogen and oxygen atoms in total. The maximum absolute atomic E-state index is 12.8. The Kier molecular flexibility index (Phi) is 9.68. The highest BCUT2D eigenvalue weighted by atomic mass is 35.5. The smallest absolute Gasteiger partial charge is 0.341 e. The number of hydrazone groups is 1. The van der Waals surface area contributed by atoms with Gasteiger partial charge in [0.05, 0.1) is 23.4 Å². The van der Waals surface area contributed by atoms with Gasteiger partial charge in [-0.1, -0.05) is 29.3 Å². The van der Waals surface area contributed by atoms with E-state index < -0.39 is 18.0 Å². The maximum atomic E-state index is 12.8. The van der Waals surface area contributed by atoms with Gasteiger partial charge in [-0.25, -0.2) is 10.2 Å². The number of hydrogen-bond donors (Lipinski definition) is 2. The SMILES string of the molecule is CCOC(=O)c1c(NC(=O)c2ccc(O[C@@H](C)C(=O)N/N=C\c3ccc(Cl)cc3Cl)cc2)sc(C)c1C. The minimum Gasteiger partial charge on any atom is -0.481 e. The third-order valence-electron chi connectivity index (χ3n) is 5.23. The second kappa shape index (κ2) is 12.7. The zero-order valence-electron chi connectivity index (χ0n) is 20.6. The molecule has 3 rings (SSSR count). The average Bonchev–Trinajstić information content (AvgIpc) is 3.13. The summed E-state index contributed by atoms with van der Waals surface area (Å²) in [5, 5.41) is 8.02. The van der Waals surface area contributed by atoms with Crippen LogP contribution in [0.15, 0.2) is 47.6 Å². The molecule has 0 saturated heterocycles. The van der Waals surface area contributed by atoms with Crippen molar-refractivity contribution in [3.63, 3.8) is 0 Å². The number of anilines is 1. The molecule has 2 aromatic carbocycles. The van der Waals surface area contributed by atoms with Crippen molar-refractivity contribution in [2.75, 3.05) is 11.9 Å². The number of rotatable bonds is 9. The van der Waals surface area contributed by atoms with Crippen LogP contribution in [-0.2, 0) is 9.53 Å². The lowest BCUT2D eigenvalue weighted by Gasteiger charge is -2.13. The number of thiophene rings is 1. The molecule has 0 radical (unpaired) electrons. The van der Waals surface area contributed by atoms with Crippen molar-refractivity contribution in [3.8, 4) is 5.75 Å². The Bertz CT molecular complexity index is 1340. The molecule has 2 amide bonds. The molecule has 3 aromatic rings. The summed E-state index contributed by atoms with van der Waals surface area (Å²) in [5.74, 6) is -0.951. The maximum Gasteiger partial charge on any atom is 0.341 e. The number of amides is 2. The van der Waals surface area contributed by atoms with E-state index >= 15 is 0 Å². The molecule has 0 fully saturated rings. The molecule has 0 bridgehead atoms. The van der Waals surface area contributed by atoms with Crippen LogP contribution in [0.1, 0.15) is 50.6 Å². The Morgan fingerprint density at radius 2 is 1.81 bits per heavy atom. The van der Waals surface area contributed by atoms with E-state index in [-0.39, 0.29) is 12.5 Å². The van der Waals surface area contributed by atoms with E-state index in [1.54, 1.807) is 56.3 Å². The number of carbonyl (C=O) groups is 3. The minimum atomic E-state index is -0.860. The highest BCUT2D eigenvalue weighted by molar-refractivity contribution is 7.16. The van der Waals surface area contributed by atoms with E-state index in [1.165, 1.54) is 17.6 Å².